The van der Waals surface area contributed by atoms with Gasteiger partial charge in [-0.25, -0.2) is 4.79 Å². The fraction of sp³-hybridized carbons (Fsp3) is 0.786. The second-order valence-electron chi connectivity index (χ2n) is 23.3. The van der Waals surface area contributed by atoms with E-state index >= 15 is 0 Å². The van der Waals surface area contributed by atoms with Crippen LogP contribution in [0.25, 0.3) is 10.9 Å². The lowest BCUT2D eigenvalue weighted by Gasteiger charge is -2.49. The number of unbranched alkanes of at least 4 members (excludes halogenated alkanes) is 1. The van der Waals surface area contributed by atoms with Gasteiger partial charge in [-0.3, -0.25) is 14.4 Å². The number of rotatable bonds is 18. The summed E-state index contributed by atoms with van der Waals surface area (Å²) >= 11 is 0. The molecule has 21 heteroatoms. The van der Waals surface area contributed by atoms with Gasteiger partial charge in [-0.05, 0) is 132 Å². The first-order valence-electron chi connectivity index (χ1n) is 27.5. The molecule has 0 amide bonds. The van der Waals surface area contributed by atoms with Gasteiger partial charge in [0.25, 0.3) is 0 Å². The Hall–Kier alpha value is -3.84. The minimum atomic E-state index is -1.86. The standard InChI is InChI=1S/C56H93N5O16/c1-16-42-56(10,70)48(65)35(6)60(13)29-31(2)27-54(8,69)49(77-53-46(64)41(59(11)12)25-32(3)72-53)33(4)47(34(5)52(68)74-42)76-44-28-55(9,71-15)50(36(7)73-44)75-43(62)21-24-57-22-17-18-23-58-37-19-20-38-40(26-37)61(14)30-39(45(38)63)51(66)67/h19-20,26,30-36,41-42,44,46-50,53,57-58,64-65,69-70H,16-18,21-25,27-29H2,1-15H3,(H,66,67)/t31-,32-,33+,34-,35-,36+,41+,42-,44+,46-,47+,48-,49-,50+,53+,54-,55-,56-/m1/s1. The Bertz CT molecular complexity index is 2330. The molecule has 0 bridgehead atoms. The molecule has 5 rings (SSSR count). The predicted octanol–water partition coefficient (Wildman–Crippen LogP) is 3.87. The first-order chi connectivity index (χ1) is 36.0. The Labute approximate surface area is 455 Å². The Morgan fingerprint density at radius 3 is 2.23 bits per heavy atom. The van der Waals surface area contributed by atoms with Crippen LogP contribution < -0.4 is 16.1 Å². The number of likely N-dealkylation sites (N-methyl/N-ethyl adjacent to an activating group) is 2. The van der Waals surface area contributed by atoms with Gasteiger partial charge in [-0.2, -0.15) is 0 Å². The van der Waals surface area contributed by atoms with E-state index in [2.05, 4.69) is 10.6 Å². The zero-order valence-electron chi connectivity index (χ0n) is 48.3. The van der Waals surface area contributed by atoms with E-state index in [0.717, 1.165) is 18.5 Å². The van der Waals surface area contributed by atoms with E-state index < -0.39 is 113 Å². The van der Waals surface area contributed by atoms with Crippen LogP contribution in [0.15, 0.2) is 29.2 Å². The number of benzene rings is 1. The number of anilines is 1. The molecule has 21 nitrogen and oxygen atoms in total. The van der Waals surface area contributed by atoms with E-state index in [9.17, 15) is 44.7 Å². The van der Waals surface area contributed by atoms with Gasteiger partial charge in [0.2, 0.25) is 5.43 Å². The number of carbonyl (C=O) groups excluding carboxylic acids is 2. The number of pyridine rings is 1. The lowest BCUT2D eigenvalue weighted by molar-refractivity contribution is -0.318. The molecule has 4 heterocycles. The molecule has 0 saturated carbocycles. The minimum Gasteiger partial charge on any atom is -0.477 e. The van der Waals surface area contributed by atoms with E-state index in [1.54, 1.807) is 72.2 Å². The van der Waals surface area contributed by atoms with E-state index in [-0.39, 0.29) is 49.3 Å². The Balaban J connectivity index is 1.29. The predicted molar refractivity (Wildman–Crippen MR) is 289 cm³/mol. The summed E-state index contributed by atoms with van der Waals surface area (Å²) in [5.74, 6) is -4.57. The van der Waals surface area contributed by atoms with Crippen molar-refractivity contribution >= 4 is 34.5 Å². The molecule has 1 aromatic carbocycles. The average Bonchev–Trinajstić information content (AvgIpc) is 3.36. The summed E-state index contributed by atoms with van der Waals surface area (Å²) < 4.78 is 46.5. The number of carboxylic acid groups (broad SMARTS) is 1. The van der Waals surface area contributed by atoms with Gasteiger partial charge in [0.15, 0.2) is 18.7 Å². The molecule has 3 aliphatic heterocycles. The first-order valence-corrected chi connectivity index (χ1v) is 27.5. The van der Waals surface area contributed by atoms with Gasteiger partial charge in [-0.1, -0.05) is 20.8 Å². The number of hydrogen-bond acceptors (Lipinski definition) is 19. The van der Waals surface area contributed by atoms with Gasteiger partial charge in [0, 0.05) is 75.5 Å². The lowest BCUT2D eigenvalue weighted by atomic mass is 9.77. The van der Waals surface area contributed by atoms with Crippen molar-refractivity contribution in [1.82, 2.24) is 19.7 Å². The van der Waals surface area contributed by atoms with Crippen LogP contribution in [0.4, 0.5) is 5.69 Å². The molecule has 3 fully saturated rings. The number of aromatic carboxylic acids is 1. The van der Waals surface area contributed by atoms with Crippen molar-refractivity contribution in [3.63, 3.8) is 0 Å². The van der Waals surface area contributed by atoms with E-state index in [4.69, 9.17) is 33.2 Å². The molecular weight excluding hydrogens is 999 g/mol. The fourth-order valence-corrected chi connectivity index (χ4v) is 11.8. The second kappa shape index (κ2) is 27.1. The zero-order chi connectivity index (χ0) is 57.5. The van der Waals surface area contributed by atoms with Gasteiger partial charge in [-0.15, -0.1) is 0 Å². The molecule has 0 unspecified atom stereocenters. The van der Waals surface area contributed by atoms with E-state index in [0.29, 0.717) is 43.5 Å². The lowest BCUT2D eigenvalue weighted by Crippen LogP contribution is -2.61. The van der Waals surface area contributed by atoms with Gasteiger partial charge in [0.05, 0.1) is 47.9 Å². The monoisotopic (exact) mass is 1090 g/mol. The van der Waals surface area contributed by atoms with Crippen LogP contribution in [0.5, 0.6) is 0 Å². The van der Waals surface area contributed by atoms with Crippen LogP contribution in [0.3, 0.4) is 0 Å². The molecule has 0 radical (unpaired) electrons. The minimum absolute atomic E-state index is 0.0557. The number of nitrogens with one attached hydrogen (secondary N) is 2. The quantitative estimate of drug-likeness (QED) is 0.0825. The van der Waals surface area contributed by atoms with Crippen molar-refractivity contribution in [2.75, 3.05) is 59.7 Å². The number of carbonyl (C=O) groups is 3. The normalized spacial score (nSPS) is 37.2. The van der Waals surface area contributed by atoms with Crippen molar-refractivity contribution in [3.8, 4) is 0 Å². The number of carboxylic acids is 1. The molecular formula is C56H93N5O16. The summed E-state index contributed by atoms with van der Waals surface area (Å²) in [5.41, 5.74) is -4.01. The SMILES string of the molecule is CC[C@H]1OC(=O)[C@H](C)[C@@H](O[C@H]2C[C@@](C)(OC)[C@@H](OC(=O)CCNCCCCNc3ccc4c(=O)c(C(=O)O)cn(C)c4c3)[C@H](C)O2)[C@H](C)[C@@H](O[C@@H]2O[C@H](C)C[C@H](N(C)C)[C@H]2O)[C@](C)(O)C[C@@H](C)CN(C)[C@H](C)[C@@H](O)[C@]1(C)O. The summed E-state index contributed by atoms with van der Waals surface area (Å²) in [6, 6.07) is 4.30. The molecule has 0 spiro atoms. The molecule has 18 atom stereocenters. The molecule has 438 valence electrons. The molecule has 1 aromatic heterocycles. The number of cyclic esters (lactones) is 1. The molecule has 7 N–H and O–H groups in total. The maximum absolute atomic E-state index is 14.6. The van der Waals surface area contributed by atoms with E-state index in [1.807, 2.05) is 50.9 Å². The Kier molecular flexibility index (Phi) is 22.5. The zero-order valence-corrected chi connectivity index (χ0v) is 48.3. The summed E-state index contributed by atoms with van der Waals surface area (Å²) in [7, 11) is 8.79. The molecule has 2 aromatic rings. The van der Waals surface area contributed by atoms with Crippen LogP contribution >= 0.6 is 0 Å². The smallest absolute Gasteiger partial charge is 0.341 e. The number of methoxy groups -OCH3 is 1. The van der Waals surface area contributed by atoms with Crippen LogP contribution in [0, 0.1) is 17.8 Å². The third-order valence-corrected chi connectivity index (χ3v) is 16.5. The summed E-state index contributed by atoms with van der Waals surface area (Å²) in [4.78, 5) is 55.9. The molecule has 3 saturated heterocycles. The molecule has 3 aliphatic rings. The van der Waals surface area contributed by atoms with Crippen LogP contribution in [0.1, 0.15) is 125 Å². The number of aromatic nitrogens is 1. The van der Waals surface area contributed by atoms with E-state index in [1.165, 1.54) is 20.2 Å². The summed E-state index contributed by atoms with van der Waals surface area (Å²) in [5, 5.41) is 64.5. The second-order valence-corrected chi connectivity index (χ2v) is 23.3. The number of nitrogens with zero attached hydrogens (tertiary/aromatic N) is 3. The topological polar surface area (TPSA) is 270 Å². The number of aliphatic hydroxyl groups excluding tert-OH is 2. The Morgan fingerprint density at radius 2 is 1.60 bits per heavy atom. The van der Waals surface area contributed by atoms with Crippen LogP contribution in [-0.2, 0) is 49.8 Å². The third-order valence-electron chi connectivity index (χ3n) is 16.5. The highest BCUT2D eigenvalue weighted by atomic mass is 16.7. The first kappa shape index (κ1) is 64.0. The average molecular weight is 1090 g/mol. The fourth-order valence-electron chi connectivity index (χ4n) is 11.8. The number of fused-ring (bicyclic) bond motifs is 1. The van der Waals surface area contributed by atoms with Gasteiger partial charge < -0.3 is 83.7 Å². The highest BCUT2D eigenvalue weighted by Crippen LogP contribution is 2.41. The van der Waals surface area contributed by atoms with Crippen molar-refractivity contribution in [1.29, 1.82) is 0 Å². The summed E-state index contributed by atoms with van der Waals surface area (Å²) in [6.45, 7) is 19.6. The van der Waals surface area contributed by atoms with Crippen molar-refractivity contribution in [2.45, 2.75) is 204 Å². The molecule has 0 aliphatic carbocycles. The van der Waals surface area contributed by atoms with Gasteiger partial charge >= 0.3 is 17.9 Å². The van der Waals surface area contributed by atoms with Crippen LogP contribution in [-0.4, -0.2) is 203 Å². The highest BCUT2D eigenvalue weighted by Gasteiger charge is 2.54. The van der Waals surface area contributed by atoms with Gasteiger partial charge in [0.1, 0.15) is 35.1 Å². The highest BCUT2D eigenvalue weighted by molar-refractivity contribution is 5.93. The summed E-state index contributed by atoms with van der Waals surface area (Å²) in [6.07, 6.45) is -5.94. The van der Waals surface area contributed by atoms with Crippen molar-refractivity contribution < 1.29 is 73.1 Å². The maximum atomic E-state index is 14.6. The Morgan fingerprint density at radius 1 is 0.922 bits per heavy atom. The molecule has 77 heavy (non-hydrogen) atoms. The number of hydrogen-bond donors (Lipinski definition) is 7. The van der Waals surface area contributed by atoms with Crippen LogP contribution in [0.2, 0.25) is 0 Å². The number of ether oxygens (including phenoxy) is 7. The third kappa shape index (κ3) is 15.5. The number of aliphatic hydroxyl groups is 4. The number of esters is 2. The number of aryl methyl sites for hydroxylation is 1. The largest absolute Gasteiger partial charge is 0.477 e. The van der Waals surface area contributed by atoms with Crippen molar-refractivity contribution in [2.24, 2.45) is 24.8 Å². The maximum Gasteiger partial charge on any atom is 0.341 e. The van der Waals surface area contributed by atoms with Crippen molar-refractivity contribution in [3.05, 3.63) is 40.2 Å².